The molecule has 0 atom stereocenters. The standard InChI is InChI=1S/C15H17N3O2S/c1-19-9-10-20-11-18-13-6-3-2-5-12(13)17-15-14(21-18)7-4-8-16-15/h2-8H,9-11H2,1H3,(H,16,17). The van der Waals surface area contributed by atoms with Gasteiger partial charge in [-0.15, -0.1) is 0 Å². The van der Waals surface area contributed by atoms with Gasteiger partial charge in [-0.25, -0.2) is 4.98 Å². The number of benzene rings is 1. The van der Waals surface area contributed by atoms with Crippen LogP contribution in [0.25, 0.3) is 21.4 Å². The maximum Gasteiger partial charge on any atom is 0.149 e. The Bertz CT molecular complexity index is 773. The van der Waals surface area contributed by atoms with Crippen LogP contribution in [0.4, 0.5) is 0 Å². The number of aromatic amines is 1. The highest BCUT2D eigenvalue weighted by molar-refractivity contribution is 7.13. The zero-order valence-corrected chi connectivity index (χ0v) is 12.6. The molecule has 0 bridgehead atoms. The average molecular weight is 303 g/mol. The Morgan fingerprint density at radius 2 is 2.10 bits per heavy atom. The summed E-state index contributed by atoms with van der Waals surface area (Å²) in [7, 11) is 1.67. The molecule has 0 saturated carbocycles. The molecule has 0 aliphatic rings. The number of aromatic nitrogens is 3. The summed E-state index contributed by atoms with van der Waals surface area (Å²) < 4.78 is 13.9. The fourth-order valence-corrected chi connectivity index (χ4v) is 2.99. The minimum Gasteiger partial charge on any atom is -0.382 e. The molecule has 1 aromatic carbocycles. The van der Waals surface area contributed by atoms with Crippen molar-refractivity contribution < 1.29 is 9.47 Å². The molecule has 110 valence electrons. The van der Waals surface area contributed by atoms with E-state index in [-0.39, 0.29) is 0 Å². The Morgan fingerprint density at radius 1 is 1.19 bits per heavy atom. The maximum absolute atomic E-state index is 5.67. The minimum absolute atomic E-state index is 0.487. The molecule has 0 aliphatic heterocycles. The summed E-state index contributed by atoms with van der Waals surface area (Å²) in [6.07, 6.45) is 1.79. The van der Waals surface area contributed by atoms with E-state index in [1.165, 1.54) is 0 Å². The zero-order valence-electron chi connectivity index (χ0n) is 11.8. The molecule has 5 nitrogen and oxygen atoms in total. The molecular formula is C15H17N3O2S. The second-order valence-corrected chi connectivity index (χ2v) is 5.56. The lowest BCUT2D eigenvalue weighted by Gasteiger charge is -2.07. The molecule has 0 unspecified atom stereocenters. The third-order valence-electron chi connectivity index (χ3n) is 3.05. The Hall–Kier alpha value is -1.89. The number of hydrogen-bond acceptors (Lipinski definition) is 4. The number of methoxy groups -OCH3 is 1. The molecular weight excluding hydrogens is 286 g/mol. The maximum atomic E-state index is 5.67. The fraction of sp³-hybridized carbons (Fsp3) is 0.267. The van der Waals surface area contributed by atoms with Crippen molar-refractivity contribution in [3.05, 3.63) is 42.6 Å². The molecule has 0 radical (unpaired) electrons. The molecule has 0 saturated heterocycles. The zero-order chi connectivity index (χ0) is 14.5. The van der Waals surface area contributed by atoms with Crippen molar-refractivity contribution in [1.82, 2.24) is 13.9 Å². The predicted octanol–water partition coefficient (Wildman–Crippen LogP) is 3.32. The second kappa shape index (κ2) is 6.71. The summed E-state index contributed by atoms with van der Waals surface area (Å²) >= 11 is 1.62. The normalized spacial score (nSPS) is 11.1. The molecule has 0 amide bonds. The van der Waals surface area contributed by atoms with Crippen molar-refractivity contribution in [1.29, 1.82) is 0 Å². The van der Waals surface area contributed by atoms with Crippen LogP contribution in [0.3, 0.4) is 0 Å². The summed E-state index contributed by atoms with van der Waals surface area (Å²) in [6.45, 7) is 1.65. The first-order valence-electron chi connectivity index (χ1n) is 6.72. The lowest BCUT2D eigenvalue weighted by molar-refractivity contribution is 0.0399. The fourth-order valence-electron chi connectivity index (χ4n) is 2.04. The Labute approximate surface area is 126 Å². The molecule has 1 N–H and O–H groups in total. The van der Waals surface area contributed by atoms with Gasteiger partial charge in [0, 0.05) is 13.3 Å². The van der Waals surface area contributed by atoms with Crippen molar-refractivity contribution >= 4 is 32.9 Å². The van der Waals surface area contributed by atoms with Crippen LogP contribution in [-0.4, -0.2) is 34.2 Å². The van der Waals surface area contributed by atoms with Crippen LogP contribution in [0.2, 0.25) is 0 Å². The van der Waals surface area contributed by atoms with E-state index in [9.17, 15) is 0 Å². The Kier molecular flexibility index (Phi) is 4.49. The summed E-state index contributed by atoms with van der Waals surface area (Å²) in [5.41, 5.74) is 2.98. The minimum atomic E-state index is 0.487. The molecule has 21 heavy (non-hydrogen) atoms. The van der Waals surface area contributed by atoms with E-state index in [0.717, 1.165) is 21.4 Å². The van der Waals surface area contributed by atoms with Gasteiger partial charge in [0.15, 0.2) is 0 Å². The van der Waals surface area contributed by atoms with Gasteiger partial charge in [0.25, 0.3) is 0 Å². The van der Waals surface area contributed by atoms with E-state index in [1.54, 1.807) is 24.8 Å². The van der Waals surface area contributed by atoms with Crippen LogP contribution >= 0.6 is 11.5 Å². The summed E-state index contributed by atoms with van der Waals surface area (Å²) in [5.74, 6) is 0. The number of hydrogen-bond donors (Lipinski definition) is 1. The lowest BCUT2D eigenvalue weighted by Crippen LogP contribution is -2.05. The van der Waals surface area contributed by atoms with Crippen LogP contribution in [0.5, 0.6) is 0 Å². The second-order valence-electron chi connectivity index (χ2n) is 4.49. The van der Waals surface area contributed by atoms with Gasteiger partial charge in [-0.3, -0.25) is 3.96 Å². The number of ether oxygens (including phenoxy) is 2. The molecule has 0 fully saturated rings. The first-order chi connectivity index (χ1) is 10.4. The number of nitrogens with zero attached hydrogens (tertiary/aromatic N) is 2. The Balaban J connectivity index is 2.10. The molecule has 2 aromatic heterocycles. The predicted molar refractivity (Wildman–Crippen MR) is 84.9 cm³/mol. The van der Waals surface area contributed by atoms with E-state index in [2.05, 4.69) is 20.0 Å². The van der Waals surface area contributed by atoms with Gasteiger partial charge in [-0.2, -0.15) is 0 Å². The number of pyridine rings is 1. The van der Waals surface area contributed by atoms with Crippen LogP contribution in [0, 0.1) is 0 Å². The van der Waals surface area contributed by atoms with Gasteiger partial charge in [-0.1, -0.05) is 23.7 Å². The van der Waals surface area contributed by atoms with Gasteiger partial charge in [0.2, 0.25) is 0 Å². The number of H-pyrrole nitrogens is 1. The highest BCUT2D eigenvalue weighted by atomic mass is 32.1. The van der Waals surface area contributed by atoms with E-state index in [0.29, 0.717) is 19.9 Å². The lowest BCUT2D eigenvalue weighted by atomic mass is 10.3. The number of fused-ring (bicyclic) bond motifs is 2. The SMILES string of the molecule is COCCOCn1sc2cccnc2[nH]c2ccccc21. The van der Waals surface area contributed by atoms with E-state index in [1.807, 2.05) is 30.3 Å². The van der Waals surface area contributed by atoms with E-state index >= 15 is 0 Å². The number of rotatable bonds is 5. The molecule has 0 aliphatic carbocycles. The Morgan fingerprint density at radius 3 is 3.00 bits per heavy atom. The number of nitrogens with one attached hydrogen (secondary N) is 1. The molecule has 6 heteroatoms. The molecule has 2 heterocycles. The van der Waals surface area contributed by atoms with Crippen LogP contribution in [-0.2, 0) is 16.2 Å². The van der Waals surface area contributed by atoms with E-state index in [4.69, 9.17) is 9.47 Å². The van der Waals surface area contributed by atoms with Crippen molar-refractivity contribution in [3.8, 4) is 0 Å². The number of para-hydroxylation sites is 2. The van der Waals surface area contributed by atoms with Gasteiger partial charge in [-0.05, 0) is 24.3 Å². The molecule has 3 rings (SSSR count). The van der Waals surface area contributed by atoms with Crippen molar-refractivity contribution in [2.45, 2.75) is 6.73 Å². The van der Waals surface area contributed by atoms with Crippen LogP contribution < -0.4 is 0 Å². The molecule has 0 spiro atoms. The largest absolute Gasteiger partial charge is 0.382 e. The highest BCUT2D eigenvalue weighted by Crippen LogP contribution is 2.19. The quantitative estimate of drug-likeness (QED) is 0.736. The van der Waals surface area contributed by atoms with Crippen LogP contribution in [0.1, 0.15) is 0 Å². The van der Waals surface area contributed by atoms with Gasteiger partial charge >= 0.3 is 0 Å². The van der Waals surface area contributed by atoms with Gasteiger partial charge < -0.3 is 14.5 Å². The highest BCUT2D eigenvalue weighted by Gasteiger charge is 2.02. The van der Waals surface area contributed by atoms with Crippen molar-refractivity contribution in [3.63, 3.8) is 0 Å². The van der Waals surface area contributed by atoms with Gasteiger partial charge in [0.1, 0.15) is 12.4 Å². The summed E-state index contributed by atoms with van der Waals surface area (Å²) in [5, 5.41) is 0. The first-order valence-corrected chi connectivity index (χ1v) is 7.49. The monoisotopic (exact) mass is 303 g/mol. The summed E-state index contributed by atoms with van der Waals surface area (Å²) in [6, 6.07) is 12.1. The summed E-state index contributed by atoms with van der Waals surface area (Å²) in [4.78, 5) is 7.78. The molecule has 3 aromatic rings. The van der Waals surface area contributed by atoms with E-state index < -0.39 is 0 Å². The first kappa shape index (κ1) is 14.1. The van der Waals surface area contributed by atoms with Crippen molar-refractivity contribution in [2.24, 2.45) is 0 Å². The topological polar surface area (TPSA) is 52.1 Å². The van der Waals surface area contributed by atoms with Crippen molar-refractivity contribution in [2.75, 3.05) is 20.3 Å². The smallest absolute Gasteiger partial charge is 0.149 e. The van der Waals surface area contributed by atoms with Crippen LogP contribution in [0.15, 0.2) is 42.6 Å². The average Bonchev–Trinajstić information content (AvgIpc) is 2.68. The van der Waals surface area contributed by atoms with Gasteiger partial charge in [0.05, 0.1) is 28.9 Å². The third-order valence-corrected chi connectivity index (χ3v) is 4.09. The third kappa shape index (κ3) is 3.24.